The van der Waals surface area contributed by atoms with Crippen molar-refractivity contribution in [3.8, 4) is 0 Å². The van der Waals surface area contributed by atoms with Crippen LogP contribution in [-0.4, -0.2) is 46.7 Å². The first-order chi connectivity index (χ1) is 19.5. The predicted molar refractivity (Wildman–Crippen MR) is 161 cm³/mol. The first kappa shape index (κ1) is 27.5. The number of hydrogen-bond acceptors (Lipinski definition) is 4. The number of para-hydroxylation sites is 1. The zero-order valence-electron chi connectivity index (χ0n) is 23.3. The summed E-state index contributed by atoms with van der Waals surface area (Å²) in [5.41, 5.74) is 7.66. The smallest absolute Gasteiger partial charge is 0.411 e. The number of fused-ring (bicyclic) bond motifs is 3. The summed E-state index contributed by atoms with van der Waals surface area (Å²) in [6.07, 6.45) is 10.1. The molecule has 1 aliphatic carbocycles. The van der Waals surface area contributed by atoms with Crippen LogP contribution in [0.3, 0.4) is 0 Å². The molecule has 0 spiro atoms. The second-order valence-electron chi connectivity index (χ2n) is 10.7. The third kappa shape index (κ3) is 6.38. The number of nitrogens with zero attached hydrogens (tertiary/aromatic N) is 2. The van der Waals surface area contributed by atoms with Crippen LogP contribution in [0.4, 0.5) is 16.2 Å². The minimum atomic E-state index is -0.939. The van der Waals surface area contributed by atoms with E-state index in [4.69, 9.17) is 4.98 Å². The molecule has 2 heterocycles. The van der Waals surface area contributed by atoms with Gasteiger partial charge in [-0.05, 0) is 80.3 Å². The maximum Gasteiger partial charge on any atom is 0.411 e. The summed E-state index contributed by atoms with van der Waals surface area (Å²) in [6, 6.07) is 14.1. The van der Waals surface area contributed by atoms with Gasteiger partial charge in [0, 0.05) is 66.1 Å². The quantitative estimate of drug-likeness (QED) is 0.155. The number of rotatable bonds is 12. The molecule has 0 atom stereocenters. The number of aryl methyl sites for hydroxylation is 1. The summed E-state index contributed by atoms with van der Waals surface area (Å²) in [4.78, 5) is 32.9. The summed E-state index contributed by atoms with van der Waals surface area (Å²) >= 11 is 0. The Hall–Kier alpha value is -4.07. The van der Waals surface area contributed by atoms with E-state index in [1.165, 1.54) is 47.0 Å². The number of amides is 2. The molecule has 2 aromatic carbocycles. The maximum atomic E-state index is 12.1. The number of anilines is 2. The van der Waals surface area contributed by atoms with E-state index >= 15 is 0 Å². The average Bonchev–Trinajstić information content (AvgIpc) is 3.35. The second kappa shape index (κ2) is 12.9. The molecule has 0 aliphatic heterocycles. The zero-order chi connectivity index (χ0) is 27.9. The monoisotopic (exact) mass is 541 g/mol. The highest BCUT2D eigenvalue weighted by Gasteiger charge is 2.18. The molecule has 0 saturated heterocycles. The van der Waals surface area contributed by atoms with Crippen LogP contribution in [0.1, 0.15) is 62.3 Å². The number of benzene rings is 2. The van der Waals surface area contributed by atoms with E-state index in [2.05, 4.69) is 39.9 Å². The number of pyridine rings is 1. The van der Waals surface area contributed by atoms with Gasteiger partial charge in [0.25, 0.3) is 0 Å². The van der Waals surface area contributed by atoms with Gasteiger partial charge in [0.05, 0.1) is 5.52 Å². The number of aromatic amines is 1. The predicted octanol–water partition coefficient (Wildman–Crippen LogP) is 6.43. The number of unbranched alkanes of at least 4 members (excludes halogenated alkanes) is 3. The molecule has 8 heteroatoms. The van der Waals surface area contributed by atoms with E-state index in [1.807, 2.05) is 24.4 Å². The highest BCUT2D eigenvalue weighted by molar-refractivity contribution is 5.94. The van der Waals surface area contributed by atoms with E-state index in [0.29, 0.717) is 25.2 Å². The summed E-state index contributed by atoms with van der Waals surface area (Å²) in [5, 5.41) is 18.7. The number of H-pyrrole nitrogens is 1. The molecule has 210 valence electrons. The Balaban J connectivity index is 1.13. The molecule has 0 bridgehead atoms. The molecule has 4 aromatic rings. The Morgan fingerprint density at radius 2 is 1.82 bits per heavy atom. The Labute approximate surface area is 235 Å². The van der Waals surface area contributed by atoms with Crippen LogP contribution < -0.4 is 15.5 Å². The summed E-state index contributed by atoms with van der Waals surface area (Å²) in [6.45, 7) is 3.41. The molecule has 0 fully saturated rings. The Morgan fingerprint density at radius 1 is 1.00 bits per heavy atom. The topological polar surface area (TPSA) is 110 Å². The third-order valence-corrected chi connectivity index (χ3v) is 7.84. The molecule has 5 rings (SSSR count). The maximum absolute atomic E-state index is 12.1. The fourth-order valence-electron chi connectivity index (χ4n) is 5.79. The molecule has 0 saturated carbocycles. The standard InChI is InChI=1S/C32H39N5O3/c1-22(38)33-18-16-23-21-35-28-15-14-24(20-27(23)28)37(32(39)40)19-9-3-2-8-17-34-31-25-10-4-6-12-29(25)36-30-13-7-5-11-26(30)31/h4,6,10,12,14-15,20-21,35H,2-3,5,7-9,11,13,16-19H2,1H3,(H,33,38)(H,34,36)(H,39,40). The minimum absolute atomic E-state index is 0.0573. The lowest BCUT2D eigenvalue weighted by Gasteiger charge is -2.22. The van der Waals surface area contributed by atoms with Gasteiger partial charge >= 0.3 is 6.09 Å². The van der Waals surface area contributed by atoms with Crippen molar-refractivity contribution in [2.24, 2.45) is 0 Å². The fourth-order valence-corrected chi connectivity index (χ4v) is 5.79. The van der Waals surface area contributed by atoms with Crippen LogP contribution in [0.25, 0.3) is 21.8 Å². The summed E-state index contributed by atoms with van der Waals surface area (Å²) in [7, 11) is 0. The molecule has 2 amide bonds. The SMILES string of the molecule is CC(=O)NCCc1c[nH]c2ccc(N(CCCCCCNc3c4c(nc5ccccc35)CCCC4)C(=O)O)cc12. The van der Waals surface area contributed by atoms with Gasteiger partial charge in [0.15, 0.2) is 0 Å². The number of aromatic nitrogens is 2. The first-order valence-corrected chi connectivity index (χ1v) is 14.5. The molecular weight excluding hydrogens is 502 g/mol. The van der Waals surface area contributed by atoms with Crippen LogP contribution in [0, 0.1) is 0 Å². The van der Waals surface area contributed by atoms with Gasteiger partial charge in [0.1, 0.15) is 0 Å². The van der Waals surface area contributed by atoms with Crippen LogP contribution in [-0.2, 0) is 24.1 Å². The van der Waals surface area contributed by atoms with Crippen LogP contribution in [0.5, 0.6) is 0 Å². The Bertz CT molecular complexity index is 1490. The second-order valence-corrected chi connectivity index (χ2v) is 10.7. The van der Waals surface area contributed by atoms with Gasteiger partial charge in [-0.25, -0.2) is 4.79 Å². The van der Waals surface area contributed by atoms with Crippen molar-refractivity contribution >= 4 is 45.2 Å². The molecule has 2 aromatic heterocycles. The normalized spacial score (nSPS) is 12.8. The highest BCUT2D eigenvalue weighted by atomic mass is 16.4. The van der Waals surface area contributed by atoms with E-state index in [0.717, 1.165) is 67.1 Å². The molecule has 0 radical (unpaired) electrons. The largest absolute Gasteiger partial charge is 0.465 e. The van der Waals surface area contributed by atoms with E-state index in [-0.39, 0.29) is 5.91 Å². The number of carboxylic acid groups (broad SMARTS) is 1. The van der Waals surface area contributed by atoms with E-state index in [1.54, 1.807) is 0 Å². The Kier molecular flexibility index (Phi) is 8.84. The van der Waals surface area contributed by atoms with E-state index < -0.39 is 6.09 Å². The summed E-state index contributed by atoms with van der Waals surface area (Å²) in [5.74, 6) is -0.0573. The molecule has 1 aliphatic rings. The van der Waals surface area contributed by atoms with Crippen LogP contribution in [0.2, 0.25) is 0 Å². The van der Waals surface area contributed by atoms with Crippen LogP contribution >= 0.6 is 0 Å². The van der Waals surface area contributed by atoms with Crippen molar-refractivity contribution in [3.05, 3.63) is 65.5 Å². The average molecular weight is 542 g/mol. The third-order valence-electron chi connectivity index (χ3n) is 7.84. The lowest BCUT2D eigenvalue weighted by molar-refractivity contribution is -0.118. The molecule has 0 unspecified atom stereocenters. The first-order valence-electron chi connectivity index (χ1n) is 14.5. The molecule has 8 nitrogen and oxygen atoms in total. The molecule has 4 N–H and O–H groups in total. The van der Waals surface area contributed by atoms with Gasteiger partial charge in [-0.1, -0.05) is 31.0 Å². The van der Waals surface area contributed by atoms with Gasteiger partial charge < -0.3 is 20.7 Å². The number of carbonyl (C=O) groups is 2. The molecule has 40 heavy (non-hydrogen) atoms. The highest BCUT2D eigenvalue weighted by Crippen LogP contribution is 2.33. The molecular formula is C32H39N5O3. The van der Waals surface area contributed by atoms with Crippen molar-refractivity contribution in [2.45, 2.75) is 64.7 Å². The number of nitrogens with one attached hydrogen (secondary N) is 3. The van der Waals surface area contributed by atoms with Crippen molar-refractivity contribution in [2.75, 3.05) is 29.9 Å². The van der Waals surface area contributed by atoms with E-state index in [9.17, 15) is 14.7 Å². The van der Waals surface area contributed by atoms with Crippen LogP contribution in [0.15, 0.2) is 48.7 Å². The van der Waals surface area contributed by atoms with Crippen molar-refractivity contribution in [1.82, 2.24) is 15.3 Å². The van der Waals surface area contributed by atoms with Gasteiger partial charge in [-0.3, -0.25) is 14.7 Å². The Morgan fingerprint density at radius 3 is 2.67 bits per heavy atom. The van der Waals surface area contributed by atoms with Gasteiger partial charge in [-0.15, -0.1) is 0 Å². The van der Waals surface area contributed by atoms with Gasteiger partial charge in [-0.2, -0.15) is 0 Å². The van der Waals surface area contributed by atoms with Crippen molar-refractivity contribution < 1.29 is 14.7 Å². The minimum Gasteiger partial charge on any atom is -0.465 e. The number of carbonyl (C=O) groups excluding carboxylic acids is 1. The summed E-state index contributed by atoms with van der Waals surface area (Å²) < 4.78 is 0. The lowest BCUT2D eigenvalue weighted by Crippen LogP contribution is -2.30. The zero-order valence-corrected chi connectivity index (χ0v) is 23.3. The van der Waals surface area contributed by atoms with Gasteiger partial charge in [0.2, 0.25) is 5.91 Å². The van der Waals surface area contributed by atoms with Crippen molar-refractivity contribution in [1.29, 1.82) is 0 Å². The fraction of sp³-hybridized carbons (Fsp3) is 0.406. The number of hydrogen-bond donors (Lipinski definition) is 4. The van der Waals surface area contributed by atoms with Crippen molar-refractivity contribution in [3.63, 3.8) is 0 Å². The lowest BCUT2D eigenvalue weighted by atomic mass is 9.92.